The van der Waals surface area contributed by atoms with E-state index < -0.39 is 10.8 Å². The van der Waals surface area contributed by atoms with Crippen molar-refractivity contribution < 1.29 is 8.95 Å². The number of hydrogen-bond donors (Lipinski definition) is 0. The average Bonchev–Trinajstić information content (AvgIpc) is 2.85. The number of rotatable bonds is 6. The van der Waals surface area contributed by atoms with E-state index in [2.05, 4.69) is 11.1 Å². The van der Waals surface area contributed by atoms with Crippen LogP contribution in [0.15, 0.2) is 90.0 Å². The Labute approximate surface area is 194 Å². The molecule has 32 heavy (non-hydrogen) atoms. The first-order valence-electron chi connectivity index (χ1n) is 9.87. The van der Waals surface area contributed by atoms with Crippen molar-refractivity contribution in [3.05, 3.63) is 101 Å². The van der Waals surface area contributed by atoms with E-state index in [1.54, 1.807) is 19.2 Å². The number of halogens is 1. The molecule has 4 aromatic rings. The third kappa shape index (κ3) is 4.72. The molecule has 1 aromatic heterocycles. The summed E-state index contributed by atoms with van der Waals surface area (Å²) in [6, 6.07) is 28.4. The van der Waals surface area contributed by atoms with Gasteiger partial charge in [0.2, 0.25) is 0 Å². The second-order valence-electron chi connectivity index (χ2n) is 7.06. The predicted octanol–water partition coefficient (Wildman–Crippen LogP) is 6.26. The smallest absolute Gasteiger partial charge is 0.146 e. The van der Waals surface area contributed by atoms with Gasteiger partial charge in [0, 0.05) is 16.1 Å². The molecule has 4 nitrogen and oxygen atoms in total. The number of nitrogens with zero attached hydrogens (tertiary/aromatic N) is 2. The first-order chi connectivity index (χ1) is 15.6. The Bertz CT molecular complexity index is 1300. The van der Waals surface area contributed by atoms with Gasteiger partial charge < -0.3 is 4.74 Å². The van der Waals surface area contributed by atoms with E-state index in [4.69, 9.17) is 16.3 Å². The fraction of sp³-hybridized carbons (Fsp3) is 0.0769. The largest absolute Gasteiger partial charge is 0.497 e. The number of ether oxygens (including phenoxy) is 1. The van der Waals surface area contributed by atoms with Crippen LogP contribution in [0.5, 0.6) is 5.75 Å². The second-order valence-corrected chi connectivity index (χ2v) is 8.86. The van der Waals surface area contributed by atoms with E-state index in [-0.39, 0.29) is 10.8 Å². The van der Waals surface area contributed by atoms with Gasteiger partial charge in [-0.3, -0.25) is 4.21 Å². The summed E-state index contributed by atoms with van der Waals surface area (Å²) in [5, 5.41) is 10.9. The average molecular weight is 459 g/mol. The van der Waals surface area contributed by atoms with Crippen molar-refractivity contribution in [3.8, 4) is 34.2 Å². The van der Waals surface area contributed by atoms with E-state index in [1.807, 2.05) is 72.8 Å². The quantitative estimate of drug-likeness (QED) is 0.342. The Morgan fingerprint density at radius 1 is 0.969 bits per heavy atom. The first-order valence-corrected chi connectivity index (χ1v) is 11.6. The molecule has 0 fully saturated rings. The molecule has 1 heterocycles. The van der Waals surface area contributed by atoms with Gasteiger partial charge in [-0.15, -0.1) is 0 Å². The molecule has 0 spiro atoms. The summed E-state index contributed by atoms with van der Waals surface area (Å²) in [5.74, 6) is 0.969. The minimum absolute atomic E-state index is 0.235. The molecule has 6 heteroatoms. The number of methoxy groups -OCH3 is 1. The first kappa shape index (κ1) is 21.8. The van der Waals surface area contributed by atoms with Crippen LogP contribution in [0.2, 0.25) is 5.02 Å². The zero-order chi connectivity index (χ0) is 22.5. The van der Waals surface area contributed by atoms with Crippen molar-refractivity contribution in [2.45, 2.75) is 10.8 Å². The fourth-order valence-electron chi connectivity index (χ4n) is 3.35. The topological polar surface area (TPSA) is 63.0 Å². The lowest BCUT2D eigenvalue weighted by Gasteiger charge is -2.13. The SMILES string of the molecule is COc1ccc(-c2cc(-c3ccccc3)c(C#N)c(S(=O)Cc3ccc(Cl)cc3)n2)cc1. The van der Waals surface area contributed by atoms with Crippen molar-refractivity contribution in [2.75, 3.05) is 7.11 Å². The summed E-state index contributed by atoms with van der Waals surface area (Å²) in [4.78, 5) is 4.68. The summed E-state index contributed by atoms with van der Waals surface area (Å²) in [6.45, 7) is 0. The van der Waals surface area contributed by atoms with Gasteiger partial charge in [-0.1, -0.05) is 54.1 Å². The third-order valence-corrected chi connectivity index (χ3v) is 6.57. The molecular weight excluding hydrogens is 440 g/mol. The normalized spacial score (nSPS) is 11.5. The molecule has 0 aliphatic carbocycles. The Kier molecular flexibility index (Phi) is 6.65. The number of benzene rings is 3. The van der Waals surface area contributed by atoms with E-state index in [0.29, 0.717) is 21.8 Å². The second kappa shape index (κ2) is 9.78. The predicted molar refractivity (Wildman–Crippen MR) is 128 cm³/mol. The van der Waals surface area contributed by atoms with Crippen LogP contribution in [0.3, 0.4) is 0 Å². The third-order valence-electron chi connectivity index (χ3n) is 5.00. The van der Waals surface area contributed by atoms with Crippen LogP contribution in [0, 0.1) is 11.3 Å². The summed E-state index contributed by atoms with van der Waals surface area (Å²) in [5.41, 5.74) is 4.23. The molecule has 0 aliphatic rings. The fourth-order valence-corrected chi connectivity index (χ4v) is 4.69. The van der Waals surface area contributed by atoms with Gasteiger partial charge in [-0.2, -0.15) is 5.26 Å². The summed E-state index contributed by atoms with van der Waals surface area (Å²) >= 11 is 5.97. The van der Waals surface area contributed by atoms with E-state index in [9.17, 15) is 9.47 Å². The minimum atomic E-state index is -1.53. The van der Waals surface area contributed by atoms with Gasteiger partial charge in [0.25, 0.3) is 0 Å². The highest BCUT2D eigenvalue weighted by molar-refractivity contribution is 7.84. The van der Waals surface area contributed by atoms with Gasteiger partial charge in [-0.05, 0) is 53.6 Å². The summed E-state index contributed by atoms with van der Waals surface area (Å²) in [7, 11) is 0.0837. The molecule has 0 saturated heterocycles. The molecule has 1 unspecified atom stereocenters. The molecule has 0 bridgehead atoms. The van der Waals surface area contributed by atoms with Gasteiger partial charge in [0.05, 0.1) is 34.9 Å². The standard InChI is InChI=1S/C26H19ClN2O2S/c1-31-22-13-9-20(10-14-22)25-15-23(19-5-3-2-4-6-19)24(16-28)26(29-25)32(30)17-18-7-11-21(27)12-8-18/h2-15H,17H2,1H3. The number of hydrogen-bond acceptors (Lipinski definition) is 4. The van der Waals surface area contributed by atoms with E-state index >= 15 is 0 Å². The molecule has 0 saturated carbocycles. The Morgan fingerprint density at radius 2 is 1.66 bits per heavy atom. The highest BCUT2D eigenvalue weighted by atomic mass is 35.5. The highest BCUT2D eigenvalue weighted by Gasteiger charge is 2.20. The van der Waals surface area contributed by atoms with Crippen LogP contribution in [0.4, 0.5) is 0 Å². The van der Waals surface area contributed by atoms with E-state index in [1.165, 1.54) is 0 Å². The van der Waals surface area contributed by atoms with Gasteiger partial charge in [0.1, 0.15) is 16.8 Å². The molecule has 0 aliphatic heterocycles. The molecule has 0 N–H and O–H groups in total. The van der Waals surface area contributed by atoms with Crippen molar-refractivity contribution in [3.63, 3.8) is 0 Å². The summed E-state index contributed by atoms with van der Waals surface area (Å²) < 4.78 is 18.6. The lowest BCUT2D eigenvalue weighted by atomic mass is 9.99. The zero-order valence-corrected chi connectivity index (χ0v) is 18.9. The maximum absolute atomic E-state index is 13.4. The molecule has 0 radical (unpaired) electrons. The molecule has 4 rings (SSSR count). The number of pyridine rings is 1. The monoisotopic (exact) mass is 458 g/mol. The maximum atomic E-state index is 13.4. The van der Waals surface area contributed by atoms with Gasteiger partial charge >= 0.3 is 0 Å². The Hall–Kier alpha value is -3.46. The zero-order valence-electron chi connectivity index (χ0n) is 17.3. The van der Waals surface area contributed by atoms with Crippen molar-refractivity contribution in [1.29, 1.82) is 5.26 Å². The molecule has 1 atom stereocenters. The highest BCUT2D eigenvalue weighted by Crippen LogP contribution is 2.32. The maximum Gasteiger partial charge on any atom is 0.146 e. The van der Waals surface area contributed by atoms with Crippen LogP contribution in [-0.2, 0) is 16.6 Å². The molecule has 0 amide bonds. The van der Waals surface area contributed by atoms with Crippen molar-refractivity contribution >= 4 is 22.4 Å². The Morgan fingerprint density at radius 3 is 2.28 bits per heavy atom. The van der Waals surface area contributed by atoms with Crippen molar-refractivity contribution in [2.24, 2.45) is 0 Å². The van der Waals surface area contributed by atoms with Crippen molar-refractivity contribution in [1.82, 2.24) is 4.98 Å². The molecule has 158 valence electrons. The van der Waals surface area contributed by atoms with Crippen LogP contribution in [0.25, 0.3) is 22.4 Å². The lowest BCUT2D eigenvalue weighted by Crippen LogP contribution is -2.05. The van der Waals surface area contributed by atoms with Gasteiger partial charge in [0.15, 0.2) is 0 Å². The van der Waals surface area contributed by atoms with Crippen LogP contribution < -0.4 is 4.74 Å². The van der Waals surface area contributed by atoms with Crippen LogP contribution in [0.1, 0.15) is 11.1 Å². The lowest BCUT2D eigenvalue weighted by molar-refractivity contribution is 0.415. The molecular formula is C26H19ClN2O2S. The minimum Gasteiger partial charge on any atom is -0.497 e. The number of aromatic nitrogens is 1. The molecule has 3 aromatic carbocycles. The summed E-state index contributed by atoms with van der Waals surface area (Å²) in [6.07, 6.45) is 0. The van der Waals surface area contributed by atoms with Crippen LogP contribution in [-0.4, -0.2) is 16.3 Å². The number of nitriles is 1. The van der Waals surface area contributed by atoms with Crippen LogP contribution >= 0.6 is 11.6 Å². The Balaban J connectivity index is 1.85. The van der Waals surface area contributed by atoms with Gasteiger partial charge in [-0.25, -0.2) is 4.98 Å². The van der Waals surface area contributed by atoms with E-state index in [0.717, 1.165) is 22.4 Å².